The molecule has 0 radical (unpaired) electrons. The topological polar surface area (TPSA) is 73.1 Å². The van der Waals surface area contributed by atoms with Gasteiger partial charge in [0.05, 0.1) is 6.10 Å². The van der Waals surface area contributed by atoms with Crippen molar-refractivity contribution < 1.29 is 4.74 Å². The number of rotatable bonds is 5. The minimum absolute atomic E-state index is 0.137. The van der Waals surface area contributed by atoms with E-state index in [0.717, 1.165) is 0 Å². The first kappa shape index (κ1) is 12.2. The molecule has 0 amide bonds. The first-order valence-corrected chi connectivity index (χ1v) is 5.55. The lowest BCUT2D eigenvalue weighted by Gasteiger charge is -2.13. The SMILES string of the molecule is CCOC(C)CNc1ncnc(N)c1Br. The summed E-state index contributed by atoms with van der Waals surface area (Å²) >= 11 is 3.32. The summed E-state index contributed by atoms with van der Waals surface area (Å²) in [7, 11) is 0. The van der Waals surface area contributed by atoms with Gasteiger partial charge in [0.15, 0.2) is 0 Å². The van der Waals surface area contributed by atoms with Crippen LogP contribution in [-0.2, 0) is 4.74 Å². The van der Waals surface area contributed by atoms with Crippen LogP contribution in [0.15, 0.2) is 10.8 Å². The second-order valence-corrected chi connectivity index (χ2v) is 3.86. The van der Waals surface area contributed by atoms with Gasteiger partial charge < -0.3 is 15.8 Å². The molecule has 5 nitrogen and oxygen atoms in total. The van der Waals surface area contributed by atoms with Crippen LogP contribution >= 0.6 is 15.9 Å². The highest BCUT2D eigenvalue weighted by molar-refractivity contribution is 9.10. The number of ether oxygens (including phenoxy) is 1. The van der Waals surface area contributed by atoms with Gasteiger partial charge in [-0.3, -0.25) is 0 Å². The van der Waals surface area contributed by atoms with Crippen LogP contribution in [0.2, 0.25) is 0 Å². The van der Waals surface area contributed by atoms with Crippen LogP contribution in [0.3, 0.4) is 0 Å². The zero-order valence-corrected chi connectivity index (χ0v) is 10.4. The van der Waals surface area contributed by atoms with Gasteiger partial charge in [0, 0.05) is 13.2 Å². The quantitative estimate of drug-likeness (QED) is 0.855. The van der Waals surface area contributed by atoms with Crippen LogP contribution in [0.1, 0.15) is 13.8 Å². The summed E-state index contributed by atoms with van der Waals surface area (Å²) in [5, 5.41) is 3.14. The molecule has 0 aliphatic heterocycles. The molecule has 15 heavy (non-hydrogen) atoms. The van der Waals surface area contributed by atoms with Crippen LogP contribution < -0.4 is 11.1 Å². The summed E-state index contributed by atoms with van der Waals surface area (Å²) in [5.41, 5.74) is 5.62. The minimum Gasteiger partial charge on any atom is -0.383 e. The largest absolute Gasteiger partial charge is 0.383 e. The number of aromatic nitrogens is 2. The zero-order valence-electron chi connectivity index (χ0n) is 8.83. The highest BCUT2D eigenvalue weighted by Crippen LogP contribution is 2.23. The molecule has 0 saturated carbocycles. The van der Waals surface area contributed by atoms with Crippen LogP contribution in [0.4, 0.5) is 11.6 Å². The number of nitrogen functional groups attached to an aromatic ring is 1. The molecule has 0 aliphatic carbocycles. The molecule has 6 heteroatoms. The fourth-order valence-electron chi connectivity index (χ4n) is 1.09. The molecule has 0 spiro atoms. The number of hydrogen-bond donors (Lipinski definition) is 2. The second-order valence-electron chi connectivity index (χ2n) is 3.07. The highest BCUT2D eigenvalue weighted by atomic mass is 79.9. The van der Waals surface area contributed by atoms with Gasteiger partial charge in [-0.05, 0) is 29.8 Å². The number of hydrogen-bond acceptors (Lipinski definition) is 5. The molecule has 0 bridgehead atoms. The Balaban J connectivity index is 2.54. The molecule has 0 aromatic carbocycles. The average Bonchev–Trinajstić information content (AvgIpc) is 2.21. The Hall–Kier alpha value is -0.880. The van der Waals surface area contributed by atoms with Crippen molar-refractivity contribution in [1.29, 1.82) is 0 Å². The molecule has 1 aromatic heterocycles. The lowest BCUT2D eigenvalue weighted by molar-refractivity contribution is 0.0854. The maximum Gasteiger partial charge on any atom is 0.146 e. The minimum atomic E-state index is 0.137. The van der Waals surface area contributed by atoms with E-state index in [1.807, 2.05) is 13.8 Å². The van der Waals surface area contributed by atoms with E-state index in [2.05, 4.69) is 31.2 Å². The third kappa shape index (κ3) is 3.64. The number of halogens is 1. The second kappa shape index (κ2) is 5.87. The van der Waals surface area contributed by atoms with E-state index in [4.69, 9.17) is 10.5 Å². The van der Waals surface area contributed by atoms with Crippen molar-refractivity contribution in [2.45, 2.75) is 20.0 Å². The maximum absolute atomic E-state index is 5.62. The molecule has 1 unspecified atom stereocenters. The van der Waals surface area contributed by atoms with Gasteiger partial charge in [-0.1, -0.05) is 0 Å². The summed E-state index contributed by atoms with van der Waals surface area (Å²) < 4.78 is 6.07. The van der Waals surface area contributed by atoms with E-state index in [1.54, 1.807) is 0 Å². The van der Waals surface area contributed by atoms with Gasteiger partial charge >= 0.3 is 0 Å². The lowest BCUT2D eigenvalue weighted by Crippen LogP contribution is -2.20. The molecule has 3 N–H and O–H groups in total. The van der Waals surface area contributed by atoms with Crippen LogP contribution in [0.25, 0.3) is 0 Å². The summed E-state index contributed by atoms with van der Waals surface area (Å²) in [6.45, 7) is 5.35. The lowest BCUT2D eigenvalue weighted by atomic mass is 10.4. The Labute approximate surface area is 97.6 Å². The van der Waals surface area contributed by atoms with Crippen LogP contribution in [-0.4, -0.2) is 29.2 Å². The van der Waals surface area contributed by atoms with Crippen molar-refractivity contribution in [2.24, 2.45) is 0 Å². The number of nitrogens with one attached hydrogen (secondary N) is 1. The zero-order chi connectivity index (χ0) is 11.3. The Morgan fingerprint density at radius 2 is 2.33 bits per heavy atom. The fourth-order valence-corrected chi connectivity index (χ4v) is 1.44. The predicted molar refractivity (Wildman–Crippen MR) is 63.7 cm³/mol. The first-order valence-electron chi connectivity index (χ1n) is 4.76. The summed E-state index contributed by atoms with van der Waals surface area (Å²) in [5.74, 6) is 1.12. The summed E-state index contributed by atoms with van der Waals surface area (Å²) in [6.07, 6.45) is 1.56. The molecular weight excluding hydrogens is 260 g/mol. The van der Waals surface area contributed by atoms with E-state index in [0.29, 0.717) is 29.3 Å². The van der Waals surface area contributed by atoms with Crippen molar-refractivity contribution in [3.05, 3.63) is 10.8 Å². The predicted octanol–water partition coefficient (Wildman–Crippen LogP) is 1.66. The molecule has 1 atom stereocenters. The van der Waals surface area contributed by atoms with E-state index in [9.17, 15) is 0 Å². The van der Waals surface area contributed by atoms with Gasteiger partial charge in [-0.15, -0.1) is 0 Å². The Bertz CT molecular complexity index is 321. The Kier molecular flexibility index (Phi) is 4.77. The molecule has 0 aliphatic rings. The summed E-state index contributed by atoms with van der Waals surface area (Å²) in [4.78, 5) is 7.92. The smallest absolute Gasteiger partial charge is 0.146 e. The van der Waals surface area contributed by atoms with Crippen molar-refractivity contribution in [1.82, 2.24) is 9.97 Å². The molecule has 0 saturated heterocycles. The normalized spacial score (nSPS) is 12.5. The Morgan fingerprint density at radius 1 is 1.60 bits per heavy atom. The van der Waals surface area contributed by atoms with Crippen molar-refractivity contribution in [3.8, 4) is 0 Å². The third-order valence-corrected chi connectivity index (χ3v) is 2.61. The van der Waals surface area contributed by atoms with Gasteiger partial charge in [-0.25, -0.2) is 9.97 Å². The molecule has 0 fully saturated rings. The van der Waals surface area contributed by atoms with E-state index in [-0.39, 0.29) is 6.10 Å². The van der Waals surface area contributed by atoms with Crippen LogP contribution in [0.5, 0.6) is 0 Å². The summed E-state index contributed by atoms with van der Waals surface area (Å²) in [6, 6.07) is 0. The van der Waals surface area contributed by atoms with Crippen molar-refractivity contribution in [2.75, 3.05) is 24.2 Å². The molecule has 1 rings (SSSR count). The highest BCUT2D eigenvalue weighted by Gasteiger charge is 2.07. The van der Waals surface area contributed by atoms with Crippen molar-refractivity contribution in [3.63, 3.8) is 0 Å². The third-order valence-electron chi connectivity index (χ3n) is 1.82. The van der Waals surface area contributed by atoms with Crippen LogP contribution in [0, 0.1) is 0 Å². The van der Waals surface area contributed by atoms with Gasteiger partial charge in [0.1, 0.15) is 22.4 Å². The maximum atomic E-state index is 5.62. The van der Waals surface area contributed by atoms with E-state index >= 15 is 0 Å². The number of nitrogens with zero attached hydrogens (tertiary/aromatic N) is 2. The standard InChI is InChI=1S/C9H15BrN4O/c1-3-15-6(2)4-12-9-7(10)8(11)13-5-14-9/h5-6H,3-4H2,1-2H3,(H3,11,12,13,14). The average molecular weight is 275 g/mol. The molecule has 1 heterocycles. The van der Waals surface area contributed by atoms with Gasteiger partial charge in [0.25, 0.3) is 0 Å². The van der Waals surface area contributed by atoms with Gasteiger partial charge in [-0.2, -0.15) is 0 Å². The fraction of sp³-hybridized carbons (Fsp3) is 0.556. The first-order chi connectivity index (χ1) is 7.15. The molecule has 84 valence electrons. The Morgan fingerprint density at radius 3 is 3.00 bits per heavy atom. The number of nitrogens with two attached hydrogens (primary N) is 1. The molecule has 1 aromatic rings. The van der Waals surface area contributed by atoms with Crippen molar-refractivity contribution >= 4 is 27.6 Å². The number of anilines is 2. The van der Waals surface area contributed by atoms with Gasteiger partial charge in [0.2, 0.25) is 0 Å². The van der Waals surface area contributed by atoms with E-state index in [1.165, 1.54) is 6.33 Å². The molecular formula is C9H15BrN4O. The van der Waals surface area contributed by atoms with E-state index < -0.39 is 0 Å². The monoisotopic (exact) mass is 274 g/mol.